The van der Waals surface area contributed by atoms with E-state index in [0.717, 1.165) is 6.54 Å². The van der Waals surface area contributed by atoms with Gasteiger partial charge in [-0.15, -0.1) is 0 Å². The average Bonchev–Trinajstić information content (AvgIpc) is 2.45. The lowest BCUT2D eigenvalue weighted by Gasteiger charge is -2.37. The minimum Gasteiger partial charge on any atom is -0.444 e. The SMILES string of the molecule is CC(C)(C)OC(=O)N1CCOCC1CNC1CCCCC1. The first kappa shape index (κ1) is 16.6. The minimum atomic E-state index is -0.448. The highest BCUT2D eigenvalue weighted by molar-refractivity contribution is 5.68. The third-order valence-corrected chi connectivity index (χ3v) is 4.10. The molecule has 1 saturated heterocycles. The van der Waals surface area contributed by atoms with E-state index in [4.69, 9.17) is 9.47 Å². The highest BCUT2D eigenvalue weighted by Crippen LogP contribution is 2.18. The second-order valence-corrected chi connectivity index (χ2v) is 7.15. The minimum absolute atomic E-state index is 0.0792. The number of amides is 1. The molecule has 5 heteroatoms. The molecule has 1 saturated carbocycles. The number of hydrogen-bond acceptors (Lipinski definition) is 4. The van der Waals surface area contributed by atoms with Crippen molar-refractivity contribution in [3.05, 3.63) is 0 Å². The molecular formula is C16H30N2O3. The van der Waals surface area contributed by atoms with Gasteiger partial charge >= 0.3 is 6.09 Å². The van der Waals surface area contributed by atoms with Gasteiger partial charge in [0.25, 0.3) is 0 Å². The van der Waals surface area contributed by atoms with Gasteiger partial charge in [0.1, 0.15) is 5.60 Å². The van der Waals surface area contributed by atoms with Crippen LogP contribution in [0.4, 0.5) is 4.79 Å². The van der Waals surface area contributed by atoms with Gasteiger partial charge in [0, 0.05) is 19.1 Å². The van der Waals surface area contributed by atoms with E-state index in [0.29, 0.717) is 25.8 Å². The molecule has 1 amide bonds. The summed E-state index contributed by atoms with van der Waals surface area (Å²) in [6.07, 6.45) is 6.26. The van der Waals surface area contributed by atoms with E-state index in [-0.39, 0.29) is 12.1 Å². The predicted molar refractivity (Wildman–Crippen MR) is 82.4 cm³/mol. The average molecular weight is 298 g/mol. The quantitative estimate of drug-likeness (QED) is 0.870. The number of nitrogens with zero attached hydrogens (tertiary/aromatic N) is 1. The number of rotatable bonds is 3. The van der Waals surface area contributed by atoms with Crippen molar-refractivity contribution in [1.82, 2.24) is 10.2 Å². The summed E-state index contributed by atoms with van der Waals surface area (Å²) in [4.78, 5) is 14.1. The first-order chi connectivity index (χ1) is 9.96. The van der Waals surface area contributed by atoms with Crippen LogP contribution in [0.3, 0.4) is 0 Å². The lowest BCUT2D eigenvalue weighted by molar-refractivity contribution is -0.0323. The van der Waals surface area contributed by atoms with E-state index < -0.39 is 5.60 Å². The molecule has 0 radical (unpaired) electrons. The number of ether oxygens (including phenoxy) is 2. The molecule has 0 aromatic rings. The van der Waals surface area contributed by atoms with Gasteiger partial charge in [0.15, 0.2) is 0 Å². The molecular weight excluding hydrogens is 268 g/mol. The van der Waals surface area contributed by atoms with Crippen molar-refractivity contribution in [2.45, 2.75) is 70.6 Å². The van der Waals surface area contributed by atoms with Gasteiger partial charge in [-0.25, -0.2) is 4.79 Å². The Balaban J connectivity index is 1.84. The highest BCUT2D eigenvalue weighted by atomic mass is 16.6. The standard InChI is InChI=1S/C16H30N2O3/c1-16(2,3)21-15(19)18-9-10-20-12-14(18)11-17-13-7-5-4-6-8-13/h13-14,17H,4-12H2,1-3H3. The molecule has 5 nitrogen and oxygen atoms in total. The Morgan fingerprint density at radius 2 is 2.00 bits per heavy atom. The van der Waals surface area contributed by atoms with Gasteiger partial charge in [-0.05, 0) is 33.6 Å². The summed E-state index contributed by atoms with van der Waals surface area (Å²) in [5.41, 5.74) is -0.448. The van der Waals surface area contributed by atoms with E-state index in [2.05, 4.69) is 5.32 Å². The molecule has 2 aliphatic rings. The molecule has 1 heterocycles. The van der Waals surface area contributed by atoms with Crippen LogP contribution in [0, 0.1) is 0 Å². The molecule has 2 fully saturated rings. The van der Waals surface area contributed by atoms with Crippen molar-refractivity contribution in [2.75, 3.05) is 26.3 Å². The van der Waals surface area contributed by atoms with Gasteiger partial charge < -0.3 is 14.8 Å². The van der Waals surface area contributed by atoms with Gasteiger partial charge in [-0.2, -0.15) is 0 Å². The summed E-state index contributed by atoms with van der Waals surface area (Å²) in [7, 11) is 0. The van der Waals surface area contributed by atoms with Crippen LogP contribution in [0.5, 0.6) is 0 Å². The van der Waals surface area contributed by atoms with Crippen LogP contribution in [0.25, 0.3) is 0 Å². The normalized spacial score (nSPS) is 24.9. The van der Waals surface area contributed by atoms with Crippen molar-refractivity contribution >= 4 is 6.09 Å². The van der Waals surface area contributed by atoms with Crippen molar-refractivity contribution in [2.24, 2.45) is 0 Å². The van der Waals surface area contributed by atoms with Crippen LogP contribution in [-0.4, -0.2) is 55.0 Å². The zero-order valence-corrected chi connectivity index (χ0v) is 13.7. The Labute approximate surface area is 128 Å². The maximum Gasteiger partial charge on any atom is 0.410 e. The van der Waals surface area contributed by atoms with Gasteiger partial charge in [-0.1, -0.05) is 19.3 Å². The lowest BCUT2D eigenvalue weighted by atomic mass is 9.95. The Morgan fingerprint density at radius 3 is 2.67 bits per heavy atom. The number of carbonyl (C=O) groups is 1. The monoisotopic (exact) mass is 298 g/mol. The molecule has 0 spiro atoms. The van der Waals surface area contributed by atoms with Gasteiger partial charge in [0.2, 0.25) is 0 Å². The molecule has 1 atom stereocenters. The fourth-order valence-corrected chi connectivity index (χ4v) is 2.99. The zero-order valence-electron chi connectivity index (χ0n) is 13.7. The Morgan fingerprint density at radius 1 is 1.29 bits per heavy atom. The number of morpholine rings is 1. The Bertz CT molecular complexity index is 335. The van der Waals surface area contributed by atoms with E-state index in [1.807, 2.05) is 25.7 Å². The molecule has 2 rings (SSSR count). The Hall–Kier alpha value is -0.810. The predicted octanol–water partition coefficient (Wildman–Crippen LogP) is 2.54. The van der Waals surface area contributed by atoms with Crippen LogP contribution in [0.1, 0.15) is 52.9 Å². The molecule has 1 N–H and O–H groups in total. The van der Waals surface area contributed by atoms with E-state index in [1.165, 1.54) is 32.1 Å². The number of nitrogens with one attached hydrogen (secondary N) is 1. The summed E-state index contributed by atoms with van der Waals surface area (Å²) < 4.78 is 11.0. The van der Waals surface area contributed by atoms with Gasteiger partial charge in [0.05, 0.1) is 19.3 Å². The second-order valence-electron chi connectivity index (χ2n) is 7.15. The van der Waals surface area contributed by atoms with Crippen molar-refractivity contribution < 1.29 is 14.3 Å². The molecule has 1 unspecified atom stereocenters. The first-order valence-electron chi connectivity index (χ1n) is 8.26. The van der Waals surface area contributed by atoms with Crippen LogP contribution < -0.4 is 5.32 Å². The van der Waals surface area contributed by atoms with Gasteiger partial charge in [-0.3, -0.25) is 4.90 Å². The maximum atomic E-state index is 12.3. The third-order valence-electron chi connectivity index (χ3n) is 4.10. The van der Waals surface area contributed by atoms with E-state index >= 15 is 0 Å². The van der Waals surface area contributed by atoms with Crippen LogP contribution in [0.15, 0.2) is 0 Å². The maximum absolute atomic E-state index is 12.3. The van der Waals surface area contributed by atoms with Crippen molar-refractivity contribution in [1.29, 1.82) is 0 Å². The fraction of sp³-hybridized carbons (Fsp3) is 0.938. The topological polar surface area (TPSA) is 50.8 Å². The Kier molecular flexibility index (Phi) is 5.88. The smallest absolute Gasteiger partial charge is 0.410 e. The van der Waals surface area contributed by atoms with Crippen molar-refractivity contribution in [3.8, 4) is 0 Å². The first-order valence-corrected chi connectivity index (χ1v) is 8.26. The lowest BCUT2D eigenvalue weighted by Crippen LogP contribution is -2.55. The summed E-state index contributed by atoms with van der Waals surface area (Å²) >= 11 is 0. The summed E-state index contributed by atoms with van der Waals surface area (Å²) in [6, 6.07) is 0.677. The molecule has 1 aliphatic carbocycles. The summed E-state index contributed by atoms with van der Waals surface area (Å²) in [6.45, 7) is 8.32. The van der Waals surface area contributed by atoms with E-state index in [1.54, 1.807) is 0 Å². The van der Waals surface area contributed by atoms with Crippen molar-refractivity contribution in [3.63, 3.8) is 0 Å². The van der Waals surface area contributed by atoms with E-state index in [9.17, 15) is 4.79 Å². The molecule has 0 bridgehead atoms. The largest absolute Gasteiger partial charge is 0.444 e. The fourth-order valence-electron chi connectivity index (χ4n) is 2.99. The summed E-state index contributed by atoms with van der Waals surface area (Å²) in [5.74, 6) is 0. The highest BCUT2D eigenvalue weighted by Gasteiger charge is 2.31. The second kappa shape index (κ2) is 7.45. The molecule has 0 aromatic carbocycles. The third kappa shape index (κ3) is 5.47. The molecule has 1 aliphatic heterocycles. The summed E-state index contributed by atoms with van der Waals surface area (Å²) in [5, 5.41) is 3.61. The van der Waals surface area contributed by atoms with Crippen LogP contribution in [-0.2, 0) is 9.47 Å². The van der Waals surface area contributed by atoms with Crippen LogP contribution >= 0.6 is 0 Å². The zero-order chi connectivity index (χ0) is 15.3. The number of carbonyl (C=O) groups excluding carboxylic acids is 1. The van der Waals surface area contributed by atoms with Crippen LogP contribution in [0.2, 0.25) is 0 Å². The number of hydrogen-bond donors (Lipinski definition) is 1. The molecule has 21 heavy (non-hydrogen) atoms. The molecule has 0 aromatic heterocycles. The molecule has 122 valence electrons.